The maximum atomic E-state index is 11.7. The number of ether oxygens (including phenoxy) is 7. The van der Waals surface area contributed by atoms with Gasteiger partial charge < -0.3 is 33.2 Å². The van der Waals surface area contributed by atoms with Gasteiger partial charge in [0.2, 0.25) is 0 Å². The molecule has 0 N–H and O–H groups in total. The molecule has 0 bridgehead atoms. The quantitative estimate of drug-likeness (QED) is 0.175. The smallest absolute Gasteiger partial charge is 0.344 e. The van der Waals surface area contributed by atoms with E-state index in [1.165, 1.54) is 12.1 Å². The molecule has 0 atom stereocenters. The van der Waals surface area contributed by atoms with Crippen LogP contribution in [0.1, 0.15) is 0 Å². The highest BCUT2D eigenvalue weighted by atomic mass is 35.5. The highest BCUT2D eigenvalue weighted by Crippen LogP contribution is 2.28. The monoisotopic (exact) mass is 598 g/mol. The predicted molar refractivity (Wildman–Crippen MR) is 138 cm³/mol. The number of hydrogen-bond acceptors (Lipinski definition) is 9. The van der Waals surface area contributed by atoms with E-state index < -0.39 is 11.9 Å². The van der Waals surface area contributed by atoms with E-state index >= 15 is 0 Å². The van der Waals surface area contributed by atoms with E-state index in [0.717, 1.165) is 0 Å². The van der Waals surface area contributed by atoms with Crippen molar-refractivity contribution in [2.75, 3.05) is 66.1 Å². The lowest BCUT2D eigenvalue weighted by Gasteiger charge is -2.10. The van der Waals surface area contributed by atoms with Gasteiger partial charge in [-0.1, -0.05) is 46.4 Å². The largest absolute Gasteiger partial charge is 0.480 e. The van der Waals surface area contributed by atoms with Crippen LogP contribution in [0.25, 0.3) is 0 Å². The van der Waals surface area contributed by atoms with Gasteiger partial charge in [0.05, 0.1) is 49.7 Å². The van der Waals surface area contributed by atoms with Gasteiger partial charge in [0, 0.05) is 10.0 Å². The van der Waals surface area contributed by atoms with Gasteiger partial charge in [-0.2, -0.15) is 0 Å². The van der Waals surface area contributed by atoms with Gasteiger partial charge in [-0.15, -0.1) is 0 Å². The van der Waals surface area contributed by atoms with Crippen molar-refractivity contribution < 1.29 is 42.7 Å². The summed E-state index contributed by atoms with van der Waals surface area (Å²) in [6.45, 7) is 1.36. The Morgan fingerprint density at radius 1 is 0.541 bits per heavy atom. The molecule has 204 valence electrons. The first-order valence-corrected chi connectivity index (χ1v) is 12.6. The van der Waals surface area contributed by atoms with Crippen molar-refractivity contribution in [2.45, 2.75) is 0 Å². The Hall–Kier alpha value is -1.98. The van der Waals surface area contributed by atoms with Crippen LogP contribution < -0.4 is 9.47 Å². The molecule has 9 nitrogen and oxygen atoms in total. The summed E-state index contributed by atoms with van der Waals surface area (Å²) >= 11 is 23.5. The summed E-state index contributed by atoms with van der Waals surface area (Å²) in [5, 5.41) is 1.55. The molecule has 13 heteroatoms. The number of halogens is 4. The maximum Gasteiger partial charge on any atom is 0.344 e. The highest BCUT2D eigenvalue weighted by Gasteiger charge is 2.09. The van der Waals surface area contributed by atoms with Crippen LogP contribution in [0.2, 0.25) is 20.1 Å². The third kappa shape index (κ3) is 13.9. The van der Waals surface area contributed by atoms with Gasteiger partial charge in [-0.3, -0.25) is 0 Å². The van der Waals surface area contributed by atoms with Crippen molar-refractivity contribution in [1.82, 2.24) is 0 Å². The number of esters is 2. The van der Waals surface area contributed by atoms with Crippen molar-refractivity contribution in [3.05, 3.63) is 56.5 Å². The first-order valence-electron chi connectivity index (χ1n) is 11.1. The summed E-state index contributed by atoms with van der Waals surface area (Å²) < 4.78 is 36.5. The molecule has 2 aromatic carbocycles. The average Bonchev–Trinajstić information content (AvgIpc) is 2.85. The molecule has 2 aromatic rings. The van der Waals surface area contributed by atoms with Gasteiger partial charge in [-0.25, -0.2) is 9.59 Å². The van der Waals surface area contributed by atoms with E-state index in [1.807, 2.05) is 0 Å². The molecule has 0 aliphatic heterocycles. The molecule has 2 rings (SSSR count). The molecule has 0 spiro atoms. The fourth-order valence-electron chi connectivity index (χ4n) is 2.51. The van der Waals surface area contributed by atoms with Crippen LogP contribution in [-0.4, -0.2) is 78.0 Å². The molecule has 0 saturated carbocycles. The van der Waals surface area contributed by atoms with Crippen LogP contribution in [0, 0.1) is 0 Å². The van der Waals surface area contributed by atoms with Gasteiger partial charge in [-0.05, 0) is 36.4 Å². The standard InChI is InChI=1S/C24H26Cl4O9/c25-17-1-3-21(19(27)13-17)36-15-23(29)34-11-9-32-7-5-31-6-8-33-10-12-35-24(30)16-37-22-4-2-18(26)14-20(22)28/h1-4,13-14H,5-12,15-16H2. The summed E-state index contributed by atoms with van der Waals surface area (Å²) in [6.07, 6.45) is 0. The first kappa shape index (κ1) is 31.2. The number of rotatable bonds is 18. The molecule has 0 amide bonds. The van der Waals surface area contributed by atoms with Crippen LogP contribution in [0.5, 0.6) is 11.5 Å². The second-order valence-electron chi connectivity index (χ2n) is 7.00. The van der Waals surface area contributed by atoms with Crippen molar-refractivity contribution >= 4 is 58.3 Å². The van der Waals surface area contributed by atoms with Crippen LogP contribution in [0.4, 0.5) is 0 Å². The third-order valence-electron chi connectivity index (χ3n) is 4.20. The minimum atomic E-state index is -0.549. The zero-order valence-electron chi connectivity index (χ0n) is 19.7. The summed E-state index contributed by atoms with van der Waals surface area (Å²) in [6, 6.07) is 9.38. The molecule has 0 aromatic heterocycles. The molecule has 0 unspecified atom stereocenters. The molecule has 0 radical (unpaired) electrons. The maximum absolute atomic E-state index is 11.7. The van der Waals surface area contributed by atoms with Crippen LogP contribution >= 0.6 is 46.4 Å². The number of carbonyl (C=O) groups excluding carboxylic acids is 2. The van der Waals surface area contributed by atoms with Crippen LogP contribution in [-0.2, 0) is 33.3 Å². The second kappa shape index (κ2) is 18.3. The topological polar surface area (TPSA) is 98.8 Å². The minimum Gasteiger partial charge on any atom is -0.480 e. The van der Waals surface area contributed by atoms with E-state index in [4.69, 9.17) is 79.6 Å². The molecule has 0 aliphatic rings. The molecule has 0 saturated heterocycles. The van der Waals surface area contributed by atoms with Gasteiger partial charge in [0.25, 0.3) is 0 Å². The Morgan fingerprint density at radius 3 is 1.24 bits per heavy atom. The van der Waals surface area contributed by atoms with Gasteiger partial charge in [0.1, 0.15) is 24.7 Å². The van der Waals surface area contributed by atoms with Crippen molar-refractivity contribution in [2.24, 2.45) is 0 Å². The fraction of sp³-hybridized carbons (Fsp3) is 0.417. The van der Waals surface area contributed by atoms with Crippen LogP contribution in [0.3, 0.4) is 0 Å². The lowest BCUT2D eigenvalue weighted by atomic mass is 10.3. The van der Waals surface area contributed by atoms with E-state index in [2.05, 4.69) is 0 Å². The van der Waals surface area contributed by atoms with Gasteiger partial charge >= 0.3 is 11.9 Å². The number of benzene rings is 2. The zero-order chi connectivity index (χ0) is 26.9. The zero-order valence-corrected chi connectivity index (χ0v) is 22.7. The summed E-state index contributed by atoms with van der Waals surface area (Å²) in [4.78, 5) is 23.3. The first-order chi connectivity index (χ1) is 17.8. The van der Waals surface area contributed by atoms with Crippen molar-refractivity contribution in [3.63, 3.8) is 0 Å². The Labute approximate surface area is 234 Å². The predicted octanol–water partition coefficient (Wildman–Crippen LogP) is 4.89. The molecule has 0 heterocycles. The van der Waals surface area contributed by atoms with E-state index in [0.29, 0.717) is 58.0 Å². The molecular weight excluding hydrogens is 574 g/mol. The van der Waals surface area contributed by atoms with E-state index in [-0.39, 0.29) is 39.6 Å². The number of carbonyl (C=O) groups is 2. The SMILES string of the molecule is O=C(COc1ccc(Cl)cc1Cl)OCCOCCOCCOCCOC(=O)COc1ccc(Cl)cc1Cl. The highest BCUT2D eigenvalue weighted by molar-refractivity contribution is 6.36. The number of hydrogen-bond donors (Lipinski definition) is 0. The molecule has 37 heavy (non-hydrogen) atoms. The van der Waals surface area contributed by atoms with E-state index in [1.54, 1.807) is 24.3 Å². The average molecular weight is 600 g/mol. The van der Waals surface area contributed by atoms with Gasteiger partial charge in [0.15, 0.2) is 13.2 Å². The lowest BCUT2D eigenvalue weighted by Crippen LogP contribution is -2.19. The summed E-state index contributed by atoms with van der Waals surface area (Å²) in [5.41, 5.74) is 0. The van der Waals surface area contributed by atoms with Crippen molar-refractivity contribution in [3.8, 4) is 11.5 Å². The molecule has 0 aliphatic carbocycles. The minimum absolute atomic E-state index is 0.0795. The third-order valence-corrected chi connectivity index (χ3v) is 5.27. The normalized spacial score (nSPS) is 10.7. The Morgan fingerprint density at radius 2 is 0.892 bits per heavy atom. The van der Waals surface area contributed by atoms with Crippen molar-refractivity contribution in [1.29, 1.82) is 0 Å². The second-order valence-corrected chi connectivity index (χ2v) is 8.69. The fourth-order valence-corrected chi connectivity index (χ4v) is 3.44. The molecular formula is C24H26Cl4O9. The Kier molecular flexibility index (Phi) is 15.5. The summed E-state index contributed by atoms with van der Waals surface area (Å²) in [5.74, 6) is -0.418. The summed E-state index contributed by atoms with van der Waals surface area (Å²) in [7, 11) is 0. The Balaban J connectivity index is 1.35. The molecule has 0 fully saturated rings. The van der Waals surface area contributed by atoms with E-state index in [9.17, 15) is 9.59 Å². The van der Waals surface area contributed by atoms with Crippen LogP contribution in [0.15, 0.2) is 36.4 Å². The lowest BCUT2D eigenvalue weighted by molar-refractivity contribution is -0.148. The Bertz CT molecular complexity index is 913.